The van der Waals surface area contributed by atoms with E-state index in [9.17, 15) is 0 Å². The van der Waals surface area contributed by atoms with Crippen molar-refractivity contribution in [2.24, 2.45) is 0 Å². The monoisotopic (exact) mass is 333 g/mol. The van der Waals surface area contributed by atoms with E-state index in [2.05, 4.69) is 64.7 Å². The molecule has 0 saturated carbocycles. The molecule has 0 bridgehead atoms. The molecule has 0 atom stereocenters. The third kappa shape index (κ3) is 5.93. The summed E-state index contributed by atoms with van der Waals surface area (Å²) in [6.07, 6.45) is 7.54. The number of hydrogen-bond donors (Lipinski definition) is 0. The fourth-order valence-electron chi connectivity index (χ4n) is 2.84. The molecule has 1 heterocycles. The molecule has 1 aromatic heterocycles. The Morgan fingerprint density at radius 3 is 2.43 bits per heavy atom. The highest BCUT2D eigenvalue weighted by atomic mass is 28.4. The molecular formula is C18H29N2O2Si+. The van der Waals surface area contributed by atoms with Gasteiger partial charge in [-0.05, 0) is 38.4 Å². The molecule has 1 aromatic carbocycles. The van der Waals surface area contributed by atoms with E-state index in [4.69, 9.17) is 8.85 Å². The van der Waals surface area contributed by atoms with E-state index in [1.54, 1.807) is 0 Å². The summed E-state index contributed by atoms with van der Waals surface area (Å²) in [4.78, 5) is 0. The van der Waals surface area contributed by atoms with Gasteiger partial charge in [0.2, 0.25) is 6.33 Å². The summed E-state index contributed by atoms with van der Waals surface area (Å²) < 4.78 is 16.3. The van der Waals surface area contributed by atoms with E-state index in [1.165, 1.54) is 5.56 Å². The summed E-state index contributed by atoms with van der Waals surface area (Å²) in [7, 11) is -1.98. The Kier molecular flexibility index (Phi) is 7.02. The molecule has 0 aliphatic heterocycles. The number of nitrogens with zero attached hydrogens (tertiary/aromatic N) is 2. The minimum absolute atomic E-state index is 0.739. The molecule has 0 fully saturated rings. The zero-order valence-electron chi connectivity index (χ0n) is 14.6. The van der Waals surface area contributed by atoms with E-state index in [0.717, 1.165) is 38.8 Å². The zero-order valence-corrected chi connectivity index (χ0v) is 15.6. The first kappa shape index (κ1) is 17.9. The van der Waals surface area contributed by atoms with Crippen molar-refractivity contribution in [1.82, 2.24) is 4.57 Å². The Morgan fingerprint density at radius 1 is 1.09 bits per heavy atom. The highest BCUT2D eigenvalue weighted by Crippen LogP contribution is 2.16. The summed E-state index contributed by atoms with van der Waals surface area (Å²) in [5, 5.41) is 0. The van der Waals surface area contributed by atoms with Crippen LogP contribution in [0.5, 0.6) is 0 Å². The normalized spacial score (nSPS) is 11.8. The first-order valence-corrected chi connectivity index (χ1v) is 11.0. The number of imidazole rings is 1. The third-order valence-corrected chi connectivity index (χ3v) is 6.96. The van der Waals surface area contributed by atoms with Crippen molar-refractivity contribution in [2.45, 2.75) is 45.9 Å². The van der Waals surface area contributed by atoms with Crippen LogP contribution in [0.2, 0.25) is 12.6 Å². The van der Waals surface area contributed by atoms with E-state index in [-0.39, 0.29) is 0 Å². The fraction of sp³-hybridized carbons (Fsp3) is 0.500. The van der Waals surface area contributed by atoms with Crippen molar-refractivity contribution in [1.29, 1.82) is 0 Å². The molecule has 2 rings (SSSR count). The molecule has 0 amide bonds. The molecule has 0 aliphatic carbocycles. The fourth-order valence-corrected chi connectivity index (χ4v) is 5.23. The quantitative estimate of drug-likeness (QED) is 0.492. The number of aryl methyl sites for hydroxylation is 1. The maximum absolute atomic E-state index is 5.89. The standard InChI is InChI=1S/C18H29N2O2Si/c1-4-21-23(3,22-5-2)15-9-12-19-13-14-20(17-19)16-18-10-7-6-8-11-18/h6-8,10-11,13-14,17H,4-5,9,12,15-16H2,1-3H3/q+1. The summed E-state index contributed by atoms with van der Waals surface area (Å²) >= 11 is 0. The van der Waals surface area contributed by atoms with Crippen LogP contribution in [0.3, 0.4) is 0 Å². The smallest absolute Gasteiger partial charge is 0.335 e. The lowest BCUT2D eigenvalue weighted by molar-refractivity contribution is -0.687. The van der Waals surface area contributed by atoms with Gasteiger partial charge in [0.25, 0.3) is 0 Å². The van der Waals surface area contributed by atoms with Gasteiger partial charge in [0.05, 0.1) is 6.54 Å². The maximum atomic E-state index is 5.89. The zero-order chi connectivity index (χ0) is 16.5. The summed E-state index contributed by atoms with van der Waals surface area (Å²) in [5.41, 5.74) is 1.32. The van der Waals surface area contributed by atoms with Crippen molar-refractivity contribution in [3.05, 3.63) is 54.6 Å². The predicted octanol–water partition coefficient (Wildman–Crippen LogP) is 3.36. The van der Waals surface area contributed by atoms with Gasteiger partial charge in [0, 0.05) is 13.2 Å². The molecule has 23 heavy (non-hydrogen) atoms. The van der Waals surface area contributed by atoms with Crippen molar-refractivity contribution >= 4 is 8.56 Å². The minimum Gasteiger partial charge on any atom is -0.395 e. The molecule has 0 radical (unpaired) electrons. The summed E-state index contributed by atoms with van der Waals surface area (Å²) in [6, 6.07) is 11.6. The Labute approximate surface area is 140 Å². The second kappa shape index (κ2) is 9.01. The molecule has 5 heteroatoms. The predicted molar refractivity (Wildman–Crippen MR) is 94.5 cm³/mol. The SMILES string of the molecule is CCO[Si](C)(CCCn1cc[n+](Cc2ccccc2)c1)OCC. The van der Waals surface area contributed by atoms with E-state index in [1.807, 2.05) is 13.8 Å². The second-order valence-electron chi connectivity index (χ2n) is 5.91. The molecule has 0 saturated heterocycles. The number of benzene rings is 1. The highest BCUT2D eigenvalue weighted by molar-refractivity contribution is 6.66. The van der Waals surface area contributed by atoms with Crippen molar-refractivity contribution in [2.75, 3.05) is 13.2 Å². The first-order valence-electron chi connectivity index (χ1n) is 8.52. The average Bonchev–Trinajstić information content (AvgIpc) is 2.96. The van der Waals surface area contributed by atoms with Gasteiger partial charge in [-0.3, -0.25) is 0 Å². The van der Waals surface area contributed by atoms with Crippen LogP contribution >= 0.6 is 0 Å². The maximum Gasteiger partial charge on any atom is 0.335 e. The molecule has 126 valence electrons. The van der Waals surface area contributed by atoms with Crippen LogP contribution in [0.15, 0.2) is 49.1 Å². The van der Waals surface area contributed by atoms with Gasteiger partial charge < -0.3 is 8.85 Å². The van der Waals surface area contributed by atoms with E-state index >= 15 is 0 Å². The highest BCUT2D eigenvalue weighted by Gasteiger charge is 2.30. The van der Waals surface area contributed by atoms with Gasteiger partial charge in [-0.15, -0.1) is 0 Å². The molecule has 4 nitrogen and oxygen atoms in total. The first-order chi connectivity index (χ1) is 11.1. The van der Waals surface area contributed by atoms with Gasteiger partial charge >= 0.3 is 8.56 Å². The van der Waals surface area contributed by atoms with Crippen LogP contribution in [0.1, 0.15) is 25.8 Å². The number of rotatable bonds is 10. The van der Waals surface area contributed by atoms with Crippen LogP contribution in [-0.4, -0.2) is 26.3 Å². The molecule has 0 spiro atoms. The largest absolute Gasteiger partial charge is 0.395 e. The topological polar surface area (TPSA) is 27.3 Å². The lowest BCUT2D eigenvalue weighted by Gasteiger charge is -2.25. The van der Waals surface area contributed by atoms with Crippen LogP contribution in [0, 0.1) is 0 Å². The summed E-state index contributed by atoms with van der Waals surface area (Å²) in [6.45, 7) is 9.66. The van der Waals surface area contributed by atoms with Gasteiger partial charge in [-0.1, -0.05) is 30.3 Å². The third-order valence-electron chi connectivity index (χ3n) is 3.90. The average molecular weight is 334 g/mol. The van der Waals surface area contributed by atoms with E-state index < -0.39 is 8.56 Å². The Morgan fingerprint density at radius 2 is 1.78 bits per heavy atom. The van der Waals surface area contributed by atoms with Crippen LogP contribution in [-0.2, 0) is 21.9 Å². The van der Waals surface area contributed by atoms with Gasteiger partial charge in [-0.25, -0.2) is 9.13 Å². The van der Waals surface area contributed by atoms with Crippen LogP contribution in [0.4, 0.5) is 0 Å². The van der Waals surface area contributed by atoms with Crippen molar-refractivity contribution in [3.8, 4) is 0 Å². The lowest BCUT2D eigenvalue weighted by atomic mass is 10.2. The van der Waals surface area contributed by atoms with Gasteiger partial charge in [0.15, 0.2) is 0 Å². The number of hydrogen-bond acceptors (Lipinski definition) is 2. The molecular weight excluding hydrogens is 304 g/mol. The van der Waals surface area contributed by atoms with Gasteiger partial charge in [0.1, 0.15) is 18.9 Å². The molecule has 0 unspecified atom stereocenters. The van der Waals surface area contributed by atoms with Crippen molar-refractivity contribution in [3.63, 3.8) is 0 Å². The molecule has 0 N–H and O–H groups in total. The number of aromatic nitrogens is 2. The van der Waals surface area contributed by atoms with Crippen LogP contribution < -0.4 is 4.57 Å². The summed E-state index contributed by atoms with van der Waals surface area (Å²) in [5.74, 6) is 0. The lowest BCUT2D eigenvalue weighted by Crippen LogP contribution is -2.38. The Hall–Kier alpha value is -1.43. The van der Waals surface area contributed by atoms with Gasteiger partial charge in [-0.2, -0.15) is 0 Å². The van der Waals surface area contributed by atoms with E-state index in [0.29, 0.717) is 0 Å². The van der Waals surface area contributed by atoms with Crippen LogP contribution in [0.25, 0.3) is 0 Å². The molecule has 0 aliphatic rings. The Balaban J connectivity index is 1.82. The Bertz CT molecular complexity index is 565. The molecule has 2 aromatic rings. The van der Waals surface area contributed by atoms with Crippen molar-refractivity contribution < 1.29 is 13.4 Å². The minimum atomic E-state index is -1.98. The second-order valence-corrected chi connectivity index (χ2v) is 9.26.